The molecular formula is C10H15ClO. The second-order valence-electron chi connectivity index (χ2n) is 1.78. The van der Waals surface area contributed by atoms with E-state index in [1.807, 2.05) is 13.8 Å². The molecule has 0 saturated heterocycles. The van der Waals surface area contributed by atoms with Crippen molar-refractivity contribution in [2.75, 3.05) is 0 Å². The van der Waals surface area contributed by atoms with Gasteiger partial charge in [-0.25, -0.2) is 0 Å². The van der Waals surface area contributed by atoms with Crippen molar-refractivity contribution in [3.8, 4) is 0 Å². The molecule has 0 aliphatic rings. The smallest absolute Gasteiger partial charge is 0.225 e. The highest BCUT2D eigenvalue weighted by atomic mass is 35.5. The fourth-order valence-electron chi connectivity index (χ4n) is 0.442. The third kappa shape index (κ3) is 11.9. The predicted octanol–water partition coefficient (Wildman–Crippen LogP) is 3.47. The maximum atomic E-state index is 10.3. The minimum Gasteiger partial charge on any atom is -0.281 e. The predicted molar refractivity (Wildman–Crippen MR) is 55.3 cm³/mol. The van der Waals surface area contributed by atoms with E-state index in [2.05, 4.69) is 13.2 Å². The van der Waals surface area contributed by atoms with E-state index in [9.17, 15) is 4.79 Å². The number of hydrogen-bond donors (Lipinski definition) is 0. The first-order valence-electron chi connectivity index (χ1n) is 3.82. The van der Waals surface area contributed by atoms with E-state index in [1.54, 1.807) is 18.2 Å². The molecule has 0 aliphatic heterocycles. The number of carbonyl (C=O) groups excluding carboxylic acids is 1. The lowest BCUT2D eigenvalue weighted by molar-refractivity contribution is -0.111. The first-order chi connectivity index (χ1) is 5.66. The Hall–Kier alpha value is -0.820. The SMILES string of the molecule is C=C/C=C\C(=C)CC(=O)Cl.CC. The number of halogens is 1. The summed E-state index contributed by atoms with van der Waals surface area (Å²) in [6.45, 7) is 11.1. The molecule has 0 amide bonds. The third-order valence-corrected chi connectivity index (χ3v) is 0.968. The van der Waals surface area contributed by atoms with Crippen molar-refractivity contribution in [1.82, 2.24) is 0 Å². The van der Waals surface area contributed by atoms with Crippen LogP contribution in [0.5, 0.6) is 0 Å². The molecule has 0 unspecified atom stereocenters. The zero-order valence-corrected chi connectivity index (χ0v) is 8.40. The zero-order chi connectivity index (χ0) is 9.98. The maximum Gasteiger partial charge on any atom is 0.225 e. The minimum absolute atomic E-state index is 0.200. The fraction of sp³-hybridized carbons (Fsp3) is 0.300. The number of allylic oxidation sites excluding steroid dienone is 4. The molecule has 0 aliphatic carbocycles. The van der Waals surface area contributed by atoms with E-state index in [0.29, 0.717) is 5.57 Å². The summed E-state index contributed by atoms with van der Waals surface area (Å²) in [4.78, 5) is 10.3. The van der Waals surface area contributed by atoms with Crippen LogP contribution in [0.3, 0.4) is 0 Å². The van der Waals surface area contributed by atoms with Gasteiger partial charge in [-0.05, 0) is 17.2 Å². The molecule has 0 aromatic rings. The van der Waals surface area contributed by atoms with Crippen molar-refractivity contribution < 1.29 is 4.79 Å². The van der Waals surface area contributed by atoms with E-state index in [0.717, 1.165) is 0 Å². The van der Waals surface area contributed by atoms with Gasteiger partial charge in [-0.3, -0.25) is 4.79 Å². The van der Waals surface area contributed by atoms with Crippen molar-refractivity contribution in [2.24, 2.45) is 0 Å². The van der Waals surface area contributed by atoms with Crippen molar-refractivity contribution in [3.63, 3.8) is 0 Å². The molecule has 0 heterocycles. The average molecular weight is 187 g/mol. The molecule has 68 valence electrons. The Morgan fingerprint density at radius 3 is 2.33 bits per heavy atom. The summed E-state index contributed by atoms with van der Waals surface area (Å²) >= 11 is 5.09. The standard InChI is InChI=1S/C8H9ClO.C2H6/c1-3-4-5-7(2)6-8(9)10;1-2/h3-5H,1-2,6H2;1-2H3/b5-4-;. The summed E-state index contributed by atoms with van der Waals surface area (Å²) in [6, 6.07) is 0. The highest BCUT2D eigenvalue weighted by molar-refractivity contribution is 6.63. The maximum absolute atomic E-state index is 10.3. The second kappa shape index (κ2) is 10.2. The van der Waals surface area contributed by atoms with Crippen LogP contribution in [0.1, 0.15) is 20.3 Å². The summed E-state index contributed by atoms with van der Waals surface area (Å²) in [5.74, 6) is 0. The molecule has 0 spiro atoms. The van der Waals surface area contributed by atoms with Gasteiger partial charge in [0.15, 0.2) is 0 Å². The van der Waals surface area contributed by atoms with Gasteiger partial charge in [-0.15, -0.1) is 0 Å². The molecule has 0 aromatic heterocycles. The topological polar surface area (TPSA) is 17.1 Å². The van der Waals surface area contributed by atoms with E-state index in [1.165, 1.54) is 0 Å². The molecule has 0 atom stereocenters. The Morgan fingerprint density at radius 2 is 2.00 bits per heavy atom. The van der Waals surface area contributed by atoms with Crippen LogP contribution in [0, 0.1) is 0 Å². The summed E-state index contributed by atoms with van der Waals surface area (Å²) in [6.07, 6.45) is 5.23. The summed E-state index contributed by atoms with van der Waals surface area (Å²) in [5, 5.41) is -0.390. The molecule has 0 bridgehead atoms. The van der Waals surface area contributed by atoms with Crippen LogP contribution in [-0.2, 0) is 4.79 Å². The van der Waals surface area contributed by atoms with Crippen molar-refractivity contribution in [3.05, 3.63) is 37.0 Å². The van der Waals surface area contributed by atoms with E-state index >= 15 is 0 Å². The Labute approximate surface area is 79.4 Å². The highest BCUT2D eigenvalue weighted by Gasteiger charge is 1.94. The van der Waals surface area contributed by atoms with Crippen molar-refractivity contribution >= 4 is 16.8 Å². The molecule has 0 fully saturated rings. The molecule has 1 nitrogen and oxygen atoms in total. The van der Waals surface area contributed by atoms with Gasteiger partial charge in [0.25, 0.3) is 0 Å². The van der Waals surface area contributed by atoms with Crippen molar-refractivity contribution in [1.29, 1.82) is 0 Å². The van der Waals surface area contributed by atoms with Crippen LogP contribution in [0.25, 0.3) is 0 Å². The minimum atomic E-state index is -0.390. The summed E-state index contributed by atoms with van der Waals surface area (Å²) < 4.78 is 0. The van der Waals surface area contributed by atoms with Gasteiger partial charge < -0.3 is 0 Å². The van der Waals surface area contributed by atoms with E-state index in [4.69, 9.17) is 11.6 Å². The zero-order valence-electron chi connectivity index (χ0n) is 7.64. The summed E-state index contributed by atoms with van der Waals surface area (Å²) in [7, 11) is 0. The first-order valence-corrected chi connectivity index (χ1v) is 4.20. The Bertz CT molecular complexity index is 180. The monoisotopic (exact) mass is 186 g/mol. The Kier molecular flexibility index (Phi) is 11.7. The lowest BCUT2D eigenvalue weighted by Gasteiger charge is -1.89. The van der Waals surface area contributed by atoms with Crippen LogP contribution in [0.15, 0.2) is 37.0 Å². The first kappa shape index (κ1) is 13.7. The van der Waals surface area contributed by atoms with E-state index in [-0.39, 0.29) is 6.42 Å². The Morgan fingerprint density at radius 1 is 1.50 bits per heavy atom. The van der Waals surface area contributed by atoms with Crippen molar-refractivity contribution in [2.45, 2.75) is 20.3 Å². The molecule has 12 heavy (non-hydrogen) atoms. The quantitative estimate of drug-likeness (QED) is 0.486. The van der Waals surface area contributed by atoms with Gasteiger partial charge in [-0.1, -0.05) is 45.2 Å². The van der Waals surface area contributed by atoms with Gasteiger partial charge in [-0.2, -0.15) is 0 Å². The van der Waals surface area contributed by atoms with E-state index < -0.39 is 5.24 Å². The average Bonchev–Trinajstić information content (AvgIpc) is 2.03. The summed E-state index contributed by atoms with van der Waals surface area (Å²) in [5.41, 5.74) is 0.694. The van der Waals surface area contributed by atoms with Gasteiger partial charge in [0.05, 0.1) is 0 Å². The molecule has 2 heteroatoms. The third-order valence-electron chi connectivity index (χ3n) is 0.834. The van der Waals surface area contributed by atoms with Crippen LogP contribution in [0.4, 0.5) is 0 Å². The molecule has 0 rings (SSSR count). The Balaban J connectivity index is 0. The van der Waals surface area contributed by atoms with Gasteiger partial charge in [0.2, 0.25) is 5.24 Å². The largest absolute Gasteiger partial charge is 0.281 e. The van der Waals surface area contributed by atoms with Crippen LogP contribution >= 0.6 is 11.6 Å². The normalized spacial score (nSPS) is 8.58. The van der Waals surface area contributed by atoms with Gasteiger partial charge >= 0.3 is 0 Å². The number of hydrogen-bond acceptors (Lipinski definition) is 1. The van der Waals surface area contributed by atoms with Crippen LogP contribution in [0.2, 0.25) is 0 Å². The lowest BCUT2D eigenvalue weighted by Crippen LogP contribution is -1.85. The second-order valence-corrected chi connectivity index (χ2v) is 2.21. The highest BCUT2D eigenvalue weighted by Crippen LogP contribution is 2.02. The van der Waals surface area contributed by atoms with Gasteiger partial charge in [0, 0.05) is 6.42 Å². The molecule has 0 N–H and O–H groups in total. The molecule has 0 radical (unpaired) electrons. The van der Waals surface area contributed by atoms with Crippen LogP contribution < -0.4 is 0 Å². The van der Waals surface area contributed by atoms with Crippen LogP contribution in [-0.4, -0.2) is 5.24 Å². The van der Waals surface area contributed by atoms with Gasteiger partial charge in [0.1, 0.15) is 0 Å². The molecular weight excluding hydrogens is 172 g/mol. The number of carbonyl (C=O) groups is 1. The lowest BCUT2D eigenvalue weighted by atomic mass is 10.2. The molecule has 0 saturated carbocycles. The number of rotatable bonds is 4. The fourth-order valence-corrected chi connectivity index (χ4v) is 0.613. The molecule has 0 aromatic carbocycles.